The van der Waals surface area contributed by atoms with E-state index in [4.69, 9.17) is 4.74 Å². The molecule has 0 saturated heterocycles. The van der Waals surface area contributed by atoms with Crippen molar-refractivity contribution < 1.29 is 4.74 Å². The number of benzene rings is 1. The maximum absolute atomic E-state index is 5.22. The van der Waals surface area contributed by atoms with Crippen LogP contribution < -0.4 is 9.64 Å². The normalized spacial score (nSPS) is 14.7. The predicted octanol–water partition coefficient (Wildman–Crippen LogP) is 2.47. The Kier molecular flexibility index (Phi) is 2.36. The quantitative estimate of drug-likeness (QED) is 0.712. The molecule has 0 unspecified atom stereocenters. The van der Waals surface area contributed by atoms with Gasteiger partial charge in [-0.15, -0.1) is 0 Å². The van der Waals surface area contributed by atoms with Gasteiger partial charge in [0.15, 0.2) is 0 Å². The molecule has 0 fully saturated rings. The van der Waals surface area contributed by atoms with Crippen molar-refractivity contribution in [3.05, 3.63) is 23.8 Å². The van der Waals surface area contributed by atoms with Crippen molar-refractivity contribution in [1.29, 1.82) is 0 Å². The first-order valence-corrected chi connectivity index (χ1v) is 5.16. The van der Waals surface area contributed by atoms with Gasteiger partial charge in [-0.1, -0.05) is 0 Å². The van der Waals surface area contributed by atoms with Crippen LogP contribution in [0.1, 0.15) is 19.4 Å². The summed E-state index contributed by atoms with van der Waals surface area (Å²) in [6, 6.07) is 6.95. The molecule has 0 aliphatic carbocycles. The molecule has 0 saturated carbocycles. The lowest BCUT2D eigenvalue weighted by molar-refractivity contribution is 0.414. The van der Waals surface area contributed by atoms with Crippen LogP contribution >= 0.6 is 0 Å². The molecule has 1 aromatic rings. The lowest BCUT2D eigenvalue weighted by Gasteiger charge is -2.23. The Morgan fingerprint density at radius 1 is 1.36 bits per heavy atom. The molecule has 2 rings (SSSR count). The van der Waals surface area contributed by atoms with Gasteiger partial charge in [-0.05, 0) is 44.0 Å². The van der Waals surface area contributed by atoms with Crippen molar-refractivity contribution in [2.75, 3.05) is 18.6 Å². The molecule has 14 heavy (non-hydrogen) atoms. The number of methoxy groups -OCH3 is 1. The minimum Gasteiger partial charge on any atom is -0.497 e. The van der Waals surface area contributed by atoms with Crippen molar-refractivity contribution in [1.82, 2.24) is 0 Å². The van der Waals surface area contributed by atoms with Gasteiger partial charge >= 0.3 is 0 Å². The summed E-state index contributed by atoms with van der Waals surface area (Å²) >= 11 is 0. The zero-order valence-electron chi connectivity index (χ0n) is 9.08. The molecule has 1 aliphatic rings. The van der Waals surface area contributed by atoms with Crippen LogP contribution in [0.15, 0.2) is 18.2 Å². The van der Waals surface area contributed by atoms with Crippen molar-refractivity contribution in [3.8, 4) is 5.75 Å². The van der Waals surface area contributed by atoms with Gasteiger partial charge in [0.1, 0.15) is 5.75 Å². The highest BCUT2D eigenvalue weighted by Crippen LogP contribution is 2.32. The van der Waals surface area contributed by atoms with Crippen molar-refractivity contribution in [2.45, 2.75) is 26.3 Å². The van der Waals surface area contributed by atoms with E-state index >= 15 is 0 Å². The van der Waals surface area contributed by atoms with Crippen molar-refractivity contribution in [3.63, 3.8) is 0 Å². The summed E-state index contributed by atoms with van der Waals surface area (Å²) in [5.41, 5.74) is 2.79. The molecule has 0 bridgehead atoms. The van der Waals surface area contributed by atoms with E-state index in [0.29, 0.717) is 6.04 Å². The molecule has 2 heteroatoms. The number of nitrogens with zero attached hydrogens (tertiary/aromatic N) is 1. The van der Waals surface area contributed by atoms with E-state index in [9.17, 15) is 0 Å². The van der Waals surface area contributed by atoms with Gasteiger partial charge in [-0.2, -0.15) is 0 Å². The average molecular weight is 191 g/mol. The summed E-state index contributed by atoms with van der Waals surface area (Å²) in [5, 5.41) is 0. The molecule has 0 aromatic heterocycles. The zero-order valence-corrected chi connectivity index (χ0v) is 9.08. The van der Waals surface area contributed by atoms with Gasteiger partial charge in [0.2, 0.25) is 0 Å². The number of hydrogen-bond acceptors (Lipinski definition) is 2. The number of hydrogen-bond donors (Lipinski definition) is 0. The van der Waals surface area contributed by atoms with E-state index in [0.717, 1.165) is 18.7 Å². The number of anilines is 1. The summed E-state index contributed by atoms with van der Waals surface area (Å²) in [5.74, 6) is 0.967. The van der Waals surface area contributed by atoms with E-state index in [1.165, 1.54) is 11.3 Å². The van der Waals surface area contributed by atoms with Gasteiger partial charge in [0.05, 0.1) is 7.11 Å². The molecule has 0 amide bonds. The fourth-order valence-electron chi connectivity index (χ4n) is 2.07. The highest BCUT2D eigenvalue weighted by molar-refractivity contribution is 5.60. The van der Waals surface area contributed by atoms with E-state index in [2.05, 4.69) is 30.9 Å². The molecule has 0 atom stereocenters. The maximum atomic E-state index is 5.22. The highest BCUT2D eigenvalue weighted by atomic mass is 16.5. The van der Waals surface area contributed by atoms with Crippen LogP contribution in [0.2, 0.25) is 0 Å². The minimum atomic E-state index is 0.588. The minimum absolute atomic E-state index is 0.588. The van der Waals surface area contributed by atoms with Crippen LogP contribution in [0, 0.1) is 0 Å². The van der Waals surface area contributed by atoms with Gasteiger partial charge in [0.25, 0.3) is 0 Å². The Morgan fingerprint density at radius 3 is 2.79 bits per heavy atom. The fraction of sp³-hybridized carbons (Fsp3) is 0.500. The third-order valence-electron chi connectivity index (χ3n) is 2.84. The first kappa shape index (κ1) is 9.38. The first-order valence-electron chi connectivity index (χ1n) is 5.16. The lowest BCUT2D eigenvalue weighted by Crippen LogP contribution is -2.28. The first-order chi connectivity index (χ1) is 6.72. The fourth-order valence-corrected chi connectivity index (χ4v) is 2.07. The monoisotopic (exact) mass is 191 g/mol. The van der Waals surface area contributed by atoms with Crippen LogP contribution in [0.25, 0.3) is 0 Å². The molecule has 0 N–H and O–H groups in total. The van der Waals surface area contributed by atoms with Crippen LogP contribution in [-0.4, -0.2) is 19.7 Å². The second-order valence-electron chi connectivity index (χ2n) is 4.03. The van der Waals surface area contributed by atoms with Gasteiger partial charge in [-0.25, -0.2) is 0 Å². The molecule has 0 spiro atoms. The van der Waals surface area contributed by atoms with Crippen LogP contribution in [0.5, 0.6) is 5.75 Å². The van der Waals surface area contributed by atoms with Crippen molar-refractivity contribution in [2.24, 2.45) is 0 Å². The average Bonchev–Trinajstić information content (AvgIpc) is 2.59. The smallest absolute Gasteiger partial charge is 0.119 e. The third-order valence-corrected chi connectivity index (χ3v) is 2.84. The lowest BCUT2D eigenvalue weighted by atomic mass is 10.1. The standard InChI is InChI=1S/C12H17NO/c1-9(2)13-7-6-10-8-11(14-3)4-5-12(10)13/h4-5,8-9H,6-7H2,1-3H3. The third kappa shape index (κ3) is 1.45. The number of ether oxygens (including phenoxy) is 1. The maximum Gasteiger partial charge on any atom is 0.119 e. The summed E-state index contributed by atoms with van der Waals surface area (Å²) in [7, 11) is 1.72. The summed E-state index contributed by atoms with van der Waals surface area (Å²) in [6.07, 6.45) is 1.14. The zero-order chi connectivity index (χ0) is 10.1. The number of rotatable bonds is 2. The molecular weight excluding hydrogens is 174 g/mol. The van der Waals surface area contributed by atoms with Crippen molar-refractivity contribution >= 4 is 5.69 Å². The Bertz CT molecular complexity index is 333. The van der Waals surface area contributed by atoms with E-state index in [1.807, 2.05) is 6.07 Å². The summed E-state index contributed by atoms with van der Waals surface area (Å²) in [4.78, 5) is 2.44. The molecule has 1 aliphatic heterocycles. The van der Waals surface area contributed by atoms with Gasteiger partial charge in [0, 0.05) is 18.3 Å². The molecular formula is C12H17NO. The Hall–Kier alpha value is -1.18. The second-order valence-corrected chi connectivity index (χ2v) is 4.03. The van der Waals surface area contributed by atoms with E-state index < -0.39 is 0 Å². The van der Waals surface area contributed by atoms with E-state index in [1.54, 1.807) is 7.11 Å². The topological polar surface area (TPSA) is 12.5 Å². The SMILES string of the molecule is COc1ccc2c(c1)CCN2C(C)C. The second kappa shape index (κ2) is 3.52. The Balaban J connectivity index is 2.33. The molecule has 0 radical (unpaired) electrons. The molecule has 2 nitrogen and oxygen atoms in total. The Morgan fingerprint density at radius 2 is 2.14 bits per heavy atom. The summed E-state index contributed by atoms with van der Waals surface area (Å²) < 4.78 is 5.22. The van der Waals surface area contributed by atoms with Gasteiger partial charge in [-0.3, -0.25) is 0 Å². The van der Waals surface area contributed by atoms with Crippen LogP contribution in [0.3, 0.4) is 0 Å². The molecule has 76 valence electrons. The predicted molar refractivity (Wildman–Crippen MR) is 59.2 cm³/mol. The molecule has 1 heterocycles. The highest BCUT2D eigenvalue weighted by Gasteiger charge is 2.21. The van der Waals surface area contributed by atoms with E-state index in [-0.39, 0.29) is 0 Å². The summed E-state index contributed by atoms with van der Waals surface area (Å²) in [6.45, 7) is 5.61. The van der Waals surface area contributed by atoms with Gasteiger partial charge < -0.3 is 9.64 Å². The van der Waals surface area contributed by atoms with Crippen LogP contribution in [-0.2, 0) is 6.42 Å². The molecule has 1 aromatic carbocycles. The Labute approximate surface area is 85.5 Å². The van der Waals surface area contributed by atoms with Crippen LogP contribution in [0.4, 0.5) is 5.69 Å². The largest absolute Gasteiger partial charge is 0.497 e. The number of fused-ring (bicyclic) bond motifs is 1.